The minimum absolute atomic E-state index is 0.0409. The van der Waals surface area contributed by atoms with Gasteiger partial charge in [0, 0.05) is 17.2 Å². The van der Waals surface area contributed by atoms with E-state index >= 15 is 0 Å². The van der Waals surface area contributed by atoms with E-state index in [2.05, 4.69) is 4.74 Å². The van der Waals surface area contributed by atoms with Gasteiger partial charge in [0.15, 0.2) is 5.82 Å². The maximum Gasteiger partial charge on any atom is 0.340 e. The first kappa shape index (κ1) is 17.8. The van der Waals surface area contributed by atoms with Crippen molar-refractivity contribution in [1.82, 2.24) is 0 Å². The predicted molar refractivity (Wildman–Crippen MR) is 92.3 cm³/mol. The van der Waals surface area contributed by atoms with Gasteiger partial charge in [-0.25, -0.2) is 9.18 Å². The molecule has 0 aliphatic heterocycles. The highest BCUT2D eigenvalue weighted by atomic mass is 35.5. The van der Waals surface area contributed by atoms with Gasteiger partial charge in [0.1, 0.15) is 0 Å². The van der Waals surface area contributed by atoms with Crippen molar-refractivity contribution in [2.24, 2.45) is 0 Å². The lowest BCUT2D eigenvalue weighted by molar-refractivity contribution is 0.0601. The average molecular weight is 365 g/mol. The van der Waals surface area contributed by atoms with Gasteiger partial charge in [0.25, 0.3) is 0 Å². The van der Waals surface area contributed by atoms with Gasteiger partial charge in [-0.2, -0.15) is 5.26 Å². The summed E-state index contributed by atoms with van der Waals surface area (Å²) in [6.45, 7) is 0. The van der Waals surface area contributed by atoms with Gasteiger partial charge in [-0.15, -0.1) is 0 Å². The number of hydrogen-bond donors (Lipinski definition) is 1. The van der Waals surface area contributed by atoms with Crippen molar-refractivity contribution in [1.29, 1.82) is 5.26 Å². The van der Waals surface area contributed by atoms with Crippen LogP contribution in [0.5, 0.6) is 0 Å². The summed E-state index contributed by atoms with van der Waals surface area (Å²) in [5.41, 5.74) is 5.80. The van der Waals surface area contributed by atoms with Crippen molar-refractivity contribution in [2.75, 3.05) is 12.8 Å². The van der Waals surface area contributed by atoms with Crippen LogP contribution in [0.1, 0.15) is 15.9 Å². The van der Waals surface area contributed by atoms with Crippen LogP contribution in [0.4, 0.5) is 10.1 Å². The maximum absolute atomic E-state index is 14.9. The Balaban J connectivity index is 2.86. The predicted octanol–water partition coefficient (Wildman–Crippen LogP) is 4.71. The molecule has 0 spiro atoms. The highest BCUT2D eigenvalue weighted by Crippen LogP contribution is 2.40. The summed E-state index contributed by atoms with van der Waals surface area (Å²) < 4.78 is 19.5. The van der Waals surface area contributed by atoms with Crippen molar-refractivity contribution in [3.63, 3.8) is 0 Å². The zero-order valence-electron chi connectivity index (χ0n) is 12.4. The van der Waals surface area contributed by atoms with E-state index in [0.717, 1.165) is 13.2 Å². The number of anilines is 1. The standard InChI is InChI=1S/C17H11Cl2FN2O2/c1-24-17(23)11-8-9(4-3-7-21)13(15(20)16(11)22)10-5-2-6-12(18)14(10)19/h2-6,8H,22H2,1H3/b4-3+. The van der Waals surface area contributed by atoms with Crippen LogP contribution in [0.3, 0.4) is 0 Å². The van der Waals surface area contributed by atoms with Crippen molar-refractivity contribution in [2.45, 2.75) is 0 Å². The lowest BCUT2D eigenvalue weighted by atomic mass is 9.94. The van der Waals surface area contributed by atoms with E-state index < -0.39 is 11.8 Å². The molecule has 24 heavy (non-hydrogen) atoms. The Hall–Kier alpha value is -2.55. The van der Waals surface area contributed by atoms with Crippen LogP contribution in [-0.2, 0) is 4.74 Å². The lowest BCUT2D eigenvalue weighted by Crippen LogP contribution is -2.09. The highest BCUT2D eigenvalue weighted by Gasteiger charge is 2.22. The molecule has 4 nitrogen and oxygen atoms in total. The van der Waals surface area contributed by atoms with Gasteiger partial charge in [0.2, 0.25) is 0 Å². The molecule has 0 aromatic heterocycles. The first-order valence-electron chi connectivity index (χ1n) is 6.63. The number of allylic oxidation sites excluding steroid dienone is 1. The van der Waals surface area contributed by atoms with Gasteiger partial charge < -0.3 is 10.5 Å². The van der Waals surface area contributed by atoms with Crippen LogP contribution in [0.2, 0.25) is 10.0 Å². The molecule has 0 aliphatic rings. The van der Waals surface area contributed by atoms with Crippen LogP contribution in [-0.4, -0.2) is 13.1 Å². The minimum atomic E-state index is -0.848. The summed E-state index contributed by atoms with van der Waals surface area (Å²) in [5, 5.41) is 9.11. The first-order valence-corrected chi connectivity index (χ1v) is 7.38. The number of methoxy groups -OCH3 is 1. The molecule has 2 rings (SSSR count). The summed E-state index contributed by atoms with van der Waals surface area (Å²) >= 11 is 12.2. The monoisotopic (exact) mass is 364 g/mol. The first-order chi connectivity index (χ1) is 11.4. The second-order valence-electron chi connectivity index (χ2n) is 4.67. The van der Waals surface area contributed by atoms with Crippen LogP contribution in [0.15, 0.2) is 30.3 Å². The van der Waals surface area contributed by atoms with Gasteiger partial charge in [-0.05, 0) is 23.8 Å². The quantitative estimate of drug-likeness (QED) is 0.486. The zero-order chi connectivity index (χ0) is 17.9. The normalized spacial score (nSPS) is 10.6. The number of nitrogens with zero attached hydrogens (tertiary/aromatic N) is 1. The molecule has 0 bridgehead atoms. The molecule has 0 aliphatic carbocycles. The molecule has 0 amide bonds. The second kappa shape index (κ2) is 7.35. The van der Waals surface area contributed by atoms with Crippen LogP contribution in [0, 0.1) is 17.1 Å². The third-order valence-corrected chi connectivity index (χ3v) is 4.12. The van der Waals surface area contributed by atoms with Crippen molar-refractivity contribution >= 4 is 40.9 Å². The number of rotatable bonds is 3. The van der Waals surface area contributed by atoms with E-state index in [0.29, 0.717) is 5.56 Å². The lowest BCUT2D eigenvalue weighted by Gasteiger charge is -2.15. The molecule has 2 aromatic rings. The number of esters is 1. The van der Waals surface area contributed by atoms with E-state index in [9.17, 15) is 9.18 Å². The smallest absolute Gasteiger partial charge is 0.340 e. The van der Waals surface area contributed by atoms with Crippen LogP contribution < -0.4 is 5.73 Å². The summed E-state index contributed by atoms with van der Waals surface area (Å²) in [4.78, 5) is 11.8. The fraction of sp³-hybridized carbons (Fsp3) is 0.0588. The number of ether oxygens (including phenoxy) is 1. The topological polar surface area (TPSA) is 76.1 Å². The number of nitrogens with two attached hydrogens (primary N) is 1. The third-order valence-electron chi connectivity index (χ3n) is 3.30. The summed E-state index contributed by atoms with van der Waals surface area (Å²) in [7, 11) is 1.16. The summed E-state index contributed by atoms with van der Waals surface area (Å²) in [6, 6.07) is 7.87. The van der Waals surface area contributed by atoms with Crippen molar-refractivity contribution in [3.8, 4) is 17.2 Å². The zero-order valence-corrected chi connectivity index (χ0v) is 14.0. The molecule has 0 fully saturated rings. The molecule has 0 radical (unpaired) electrons. The molecule has 0 atom stereocenters. The average Bonchev–Trinajstić information content (AvgIpc) is 2.58. The van der Waals surface area contributed by atoms with Gasteiger partial charge in [0.05, 0.1) is 34.5 Å². The van der Waals surface area contributed by atoms with Gasteiger partial charge in [-0.3, -0.25) is 0 Å². The molecule has 0 heterocycles. The minimum Gasteiger partial charge on any atom is -0.465 e. The number of nitrogen functional groups attached to an aromatic ring is 1. The van der Waals surface area contributed by atoms with E-state index in [1.807, 2.05) is 6.07 Å². The molecule has 2 N–H and O–H groups in total. The molecule has 7 heteroatoms. The molecular weight excluding hydrogens is 354 g/mol. The number of nitriles is 1. The van der Waals surface area contributed by atoms with Crippen molar-refractivity contribution in [3.05, 3.63) is 57.3 Å². The number of carbonyl (C=O) groups is 1. The van der Waals surface area contributed by atoms with Crippen LogP contribution in [0.25, 0.3) is 17.2 Å². The fourth-order valence-electron chi connectivity index (χ4n) is 2.19. The van der Waals surface area contributed by atoms with E-state index in [-0.39, 0.29) is 32.4 Å². The number of halogens is 3. The number of carbonyl (C=O) groups excluding carboxylic acids is 1. The van der Waals surface area contributed by atoms with Crippen LogP contribution >= 0.6 is 23.2 Å². The second-order valence-corrected chi connectivity index (χ2v) is 5.46. The Bertz CT molecular complexity index is 889. The Morgan fingerprint density at radius 3 is 2.75 bits per heavy atom. The summed E-state index contributed by atoms with van der Waals surface area (Å²) in [6.07, 6.45) is 2.50. The highest BCUT2D eigenvalue weighted by molar-refractivity contribution is 6.43. The largest absolute Gasteiger partial charge is 0.465 e. The molecular formula is C17H11Cl2FN2O2. The third kappa shape index (κ3) is 3.21. The molecule has 122 valence electrons. The molecule has 0 saturated carbocycles. The van der Waals surface area contributed by atoms with Gasteiger partial charge in [-0.1, -0.05) is 35.3 Å². The Labute approximate surface area is 147 Å². The fourth-order valence-corrected chi connectivity index (χ4v) is 2.59. The van der Waals surface area contributed by atoms with E-state index in [1.165, 1.54) is 12.1 Å². The van der Waals surface area contributed by atoms with Gasteiger partial charge >= 0.3 is 5.97 Å². The molecule has 0 unspecified atom stereocenters. The van der Waals surface area contributed by atoms with Crippen molar-refractivity contribution < 1.29 is 13.9 Å². The maximum atomic E-state index is 14.9. The number of hydrogen-bond acceptors (Lipinski definition) is 4. The Morgan fingerprint density at radius 2 is 2.12 bits per heavy atom. The molecule has 2 aromatic carbocycles. The Morgan fingerprint density at radius 1 is 1.42 bits per heavy atom. The molecule has 0 saturated heterocycles. The van der Waals surface area contributed by atoms with E-state index in [1.54, 1.807) is 18.2 Å². The summed E-state index contributed by atoms with van der Waals surface area (Å²) in [5.74, 6) is -1.64. The number of benzene rings is 2. The van der Waals surface area contributed by atoms with E-state index in [4.69, 9.17) is 34.2 Å². The SMILES string of the molecule is COC(=O)c1cc(/C=C/C#N)c(-c2cccc(Cl)c2Cl)c(F)c1N. The Kier molecular flexibility index (Phi) is 5.45.